The fraction of sp³-hybridized carbons (Fsp3) is 0.167. The van der Waals surface area contributed by atoms with Gasteiger partial charge >= 0.3 is 0 Å². The van der Waals surface area contributed by atoms with Crippen molar-refractivity contribution in [1.82, 2.24) is 9.97 Å². The number of anilines is 1. The first-order valence-corrected chi connectivity index (χ1v) is 6.14. The first kappa shape index (κ1) is 13.7. The predicted octanol–water partition coefficient (Wildman–Crippen LogP) is 3.14. The van der Waals surface area contributed by atoms with Gasteiger partial charge in [0.2, 0.25) is 11.8 Å². The van der Waals surface area contributed by atoms with Crippen molar-refractivity contribution in [3.05, 3.63) is 46.1 Å². The van der Waals surface area contributed by atoms with Gasteiger partial charge in [-0.25, -0.2) is 13.8 Å². The molecule has 0 aliphatic carbocycles. The van der Waals surface area contributed by atoms with Gasteiger partial charge in [-0.05, 0) is 34.1 Å². The molecule has 0 fully saturated rings. The lowest BCUT2D eigenvalue weighted by Gasteiger charge is -2.08. The van der Waals surface area contributed by atoms with E-state index in [0.717, 1.165) is 18.2 Å². The van der Waals surface area contributed by atoms with Crippen LogP contribution in [0.25, 0.3) is 0 Å². The van der Waals surface area contributed by atoms with E-state index < -0.39 is 11.6 Å². The van der Waals surface area contributed by atoms with Gasteiger partial charge < -0.3 is 10.1 Å². The van der Waals surface area contributed by atoms with Gasteiger partial charge in [-0.1, -0.05) is 0 Å². The zero-order valence-electron chi connectivity index (χ0n) is 9.95. The van der Waals surface area contributed by atoms with Gasteiger partial charge in [-0.2, -0.15) is 4.98 Å². The van der Waals surface area contributed by atoms with E-state index in [2.05, 4.69) is 31.2 Å². The lowest BCUT2D eigenvalue weighted by atomic mass is 10.2. The molecule has 0 aliphatic heterocycles. The number of ether oxygens (including phenoxy) is 1. The van der Waals surface area contributed by atoms with E-state index in [1.807, 2.05) is 0 Å². The molecule has 1 aromatic heterocycles. The maximum Gasteiger partial charge on any atom is 0.232 e. The number of halogens is 3. The topological polar surface area (TPSA) is 47.0 Å². The van der Waals surface area contributed by atoms with E-state index in [-0.39, 0.29) is 18.1 Å². The van der Waals surface area contributed by atoms with E-state index in [1.54, 1.807) is 0 Å². The van der Waals surface area contributed by atoms with Crippen LogP contribution in [0.1, 0.15) is 5.56 Å². The van der Waals surface area contributed by atoms with Crippen LogP contribution in [-0.2, 0) is 6.54 Å². The standard InChI is InChI=1S/C12H10BrF2N3O/c1-19-11-9(13)6-17-12(18-11)16-5-7-4-8(14)2-3-10(7)15/h2-4,6H,5H2,1H3,(H,16,17,18). The molecule has 100 valence electrons. The van der Waals surface area contributed by atoms with Gasteiger partial charge in [0.1, 0.15) is 11.6 Å². The molecule has 2 rings (SSSR count). The molecule has 2 aromatic rings. The van der Waals surface area contributed by atoms with Gasteiger partial charge in [0.25, 0.3) is 0 Å². The van der Waals surface area contributed by atoms with Crippen molar-refractivity contribution in [2.75, 3.05) is 12.4 Å². The monoisotopic (exact) mass is 329 g/mol. The minimum atomic E-state index is -0.493. The SMILES string of the molecule is COc1nc(NCc2cc(F)ccc2F)ncc1Br. The largest absolute Gasteiger partial charge is 0.480 e. The number of aromatic nitrogens is 2. The molecule has 0 radical (unpaired) electrons. The predicted molar refractivity (Wildman–Crippen MR) is 70.0 cm³/mol. The summed E-state index contributed by atoms with van der Waals surface area (Å²) in [5, 5.41) is 2.80. The highest BCUT2D eigenvalue weighted by Gasteiger charge is 2.07. The lowest BCUT2D eigenvalue weighted by Crippen LogP contribution is -2.06. The first-order valence-electron chi connectivity index (χ1n) is 5.34. The van der Waals surface area contributed by atoms with Crippen LogP contribution in [0.4, 0.5) is 14.7 Å². The lowest BCUT2D eigenvalue weighted by molar-refractivity contribution is 0.394. The Morgan fingerprint density at radius 3 is 2.89 bits per heavy atom. The smallest absolute Gasteiger partial charge is 0.232 e. The molecule has 0 atom stereocenters. The van der Waals surface area contributed by atoms with Crippen molar-refractivity contribution in [3.63, 3.8) is 0 Å². The second-order valence-electron chi connectivity index (χ2n) is 3.64. The third-order valence-electron chi connectivity index (χ3n) is 2.35. The summed E-state index contributed by atoms with van der Waals surface area (Å²) >= 11 is 3.22. The van der Waals surface area contributed by atoms with Crippen LogP contribution in [-0.4, -0.2) is 17.1 Å². The van der Waals surface area contributed by atoms with Crippen LogP contribution in [0.5, 0.6) is 5.88 Å². The molecule has 0 saturated heterocycles. The summed E-state index contributed by atoms with van der Waals surface area (Å²) in [5.41, 5.74) is 0.200. The van der Waals surface area contributed by atoms with E-state index in [9.17, 15) is 8.78 Å². The average Bonchev–Trinajstić information content (AvgIpc) is 2.41. The van der Waals surface area contributed by atoms with Crippen LogP contribution >= 0.6 is 15.9 Å². The highest BCUT2D eigenvalue weighted by atomic mass is 79.9. The van der Waals surface area contributed by atoms with E-state index in [4.69, 9.17) is 4.74 Å². The number of nitrogens with one attached hydrogen (secondary N) is 1. The first-order chi connectivity index (χ1) is 9.10. The van der Waals surface area contributed by atoms with Crippen LogP contribution in [0.3, 0.4) is 0 Å². The minimum Gasteiger partial charge on any atom is -0.480 e. The van der Waals surface area contributed by atoms with Gasteiger partial charge in [0.15, 0.2) is 0 Å². The molecule has 1 N–H and O–H groups in total. The molecule has 1 heterocycles. The Bertz CT molecular complexity index is 595. The Balaban J connectivity index is 2.12. The van der Waals surface area contributed by atoms with Crippen molar-refractivity contribution in [3.8, 4) is 5.88 Å². The molecular weight excluding hydrogens is 320 g/mol. The molecule has 0 aliphatic rings. The van der Waals surface area contributed by atoms with Gasteiger partial charge in [-0.15, -0.1) is 0 Å². The number of benzene rings is 1. The highest BCUT2D eigenvalue weighted by molar-refractivity contribution is 9.10. The highest BCUT2D eigenvalue weighted by Crippen LogP contribution is 2.22. The Kier molecular flexibility index (Phi) is 4.26. The molecule has 19 heavy (non-hydrogen) atoms. The van der Waals surface area contributed by atoms with Crippen LogP contribution in [0, 0.1) is 11.6 Å². The van der Waals surface area contributed by atoms with Crippen molar-refractivity contribution < 1.29 is 13.5 Å². The Morgan fingerprint density at radius 2 is 2.16 bits per heavy atom. The van der Waals surface area contributed by atoms with Crippen molar-refractivity contribution in [2.24, 2.45) is 0 Å². The number of hydrogen-bond donors (Lipinski definition) is 1. The van der Waals surface area contributed by atoms with Crippen molar-refractivity contribution in [1.29, 1.82) is 0 Å². The second kappa shape index (κ2) is 5.92. The molecule has 0 bridgehead atoms. The molecular formula is C12H10BrF2N3O. The molecule has 0 spiro atoms. The summed E-state index contributed by atoms with van der Waals surface area (Å²) in [6.45, 7) is 0.0778. The van der Waals surface area contributed by atoms with E-state index in [0.29, 0.717) is 10.4 Å². The number of rotatable bonds is 4. The summed E-state index contributed by atoms with van der Waals surface area (Å²) in [6.07, 6.45) is 1.51. The third-order valence-corrected chi connectivity index (χ3v) is 2.89. The molecule has 0 unspecified atom stereocenters. The fourth-order valence-corrected chi connectivity index (χ4v) is 1.79. The molecule has 0 amide bonds. The fourth-order valence-electron chi connectivity index (χ4n) is 1.43. The van der Waals surface area contributed by atoms with Crippen LogP contribution < -0.4 is 10.1 Å². The van der Waals surface area contributed by atoms with Gasteiger partial charge in [0.05, 0.1) is 17.8 Å². The quantitative estimate of drug-likeness (QED) is 0.936. The van der Waals surface area contributed by atoms with E-state index in [1.165, 1.54) is 13.3 Å². The summed E-state index contributed by atoms with van der Waals surface area (Å²) < 4.78 is 32.0. The average molecular weight is 330 g/mol. The summed E-state index contributed by atoms with van der Waals surface area (Å²) in [4.78, 5) is 8.04. The minimum absolute atomic E-state index is 0.0778. The van der Waals surface area contributed by atoms with Crippen LogP contribution in [0.15, 0.2) is 28.9 Å². The maximum atomic E-state index is 13.4. The summed E-state index contributed by atoms with van der Waals surface area (Å²) in [5.74, 6) is -0.355. The second-order valence-corrected chi connectivity index (χ2v) is 4.49. The summed E-state index contributed by atoms with van der Waals surface area (Å²) in [6, 6.07) is 3.27. The van der Waals surface area contributed by atoms with E-state index >= 15 is 0 Å². The normalized spacial score (nSPS) is 10.3. The Labute approximate surface area is 117 Å². The van der Waals surface area contributed by atoms with Crippen LogP contribution in [0.2, 0.25) is 0 Å². The zero-order valence-corrected chi connectivity index (χ0v) is 11.5. The number of methoxy groups -OCH3 is 1. The molecule has 4 nitrogen and oxygen atoms in total. The molecule has 7 heteroatoms. The molecule has 0 saturated carbocycles. The molecule has 1 aromatic carbocycles. The number of nitrogens with zero attached hydrogens (tertiary/aromatic N) is 2. The summed E-state index contributed by atoms with van der Waals surface area (Å²) in [7, 11) is 1.48. The zero-order chi connectivity index (χ0) is 13.8. The van der Waals surface area contributed by atoms with Crippen molar-refractivity contribution in [2.45, 2.75) is 6.54 Å². The Morgan fingerprint density at radius 1 is 1.37 bits per heavy atom. The third kappa shape index (κ3) is 3.37. The number of hydrogen-bond acceptors (Lipinski definition) is 4. The maximum absolute atomic E-state index is 13.4. The van der Waals surface area contributed by atoms with Gasteiger partial charge in [-0.3, -0.25) is 0 Å². The Hall–Kier alpha value is -1.76. The van der Waals surface area contributed by atoms with Crippen molar-refractivity contribution >= 4 is 21.9 Å². The van der Waals surface area contributed by atoms with Gasteiger partial charge in [0, 0.05) is 12.1 Å².